The van der Waals surface area contributed by atoms with Crippen molar-refractivity contribution in [3.63, 3.8) is 0 Å². The van der Waals surface area contributed by atoms with Gasteiger partial charge in [0, 0.05) is 6.42 Å². The highest BCUT2D eigenvalue weighted by molar-refractivity contribution is 6.35. The summed E-state index contributed by atoms with van der Waals surface area (Å²) < 4.78 is 30.7. The van der Waals surface area contributed by atoms with Gasteiger partial charge in [0.2, 0.25) is 18.2 Å². The van der Waals surface area contributed by atoms with Gasteiger partial charge in [0.15, 0.2) is 0 Å². The Hall–Kier alpha value is -2.79. The molecule has 3 amide bonds. The average molecular weight is 480 g/mol. The Morgan fingerprint density at radius 1 is 0.848 bits per heavy atom. The predicted molar refractivity (Wildman–Crippen MR) is 115 cm³/mol. The van der Waals surface area contributed by atoms with E-state index in [4.69, 9.17) is 9.84 Å². The number of carboxylic acid groups (broad SMARTS) is 1. The largest absolute Gasteiger partial charge is 0.475 e. The van der Waals surface area contributed by atoms with E-state index in [0.717, 1.165) is 0 Å². The molecule has 0 saturated carbocycles. The van der Waals surface area contributed by atoms with Gasteiger partial charge in [0.25, 0.3) is 5.78 Å². The van der Waals surface area contributed by atoms with Crippen molar-refractivity contribution in [2.75, 3.05) is 0 Å². The van der Waals surface area contributed by atoms with Crippen LogP contribution in [0.1, 0.15) is 61.3 Å². The Labute approximate surface area is 192 Å². The van der Waals surface area contributed by atoms with Crippen LogP contribution in [0, 0.1) is 11.8 Å². The van der Waals surface area contributed by atoms with Crippen molar-refractivity contribution >= 4 is 29.7 Å². The lowest BCUT2D eigenvalue weighted by Crippen LogP contribution is -2.58. The fourth-order valence-corrected chi connectivity index (χ4v) is 2.76. The number of ether oxygens (including phenoxy) is 1. The number of aliphatic carboxylic acids is 1. The van der Waals surface area contributed by atoms with E-state index in [1.165, 1.54) is 0 Å². The molecule has 4 N–H and O–H groups in total. The SMILES string of the molecule is CC(C)CC(NC(=O)[C@@H](NC(=O)OC(C)(C)C)C(C)C)C(=O)NC(CC(F)F)C(=O)C(=O)O. The molecule has 0 aromatic carbocycles. The molecule has 0 aromatic rings. The summed E-state index contributed by atoms with van der Waals surface area (Å²) >= 11 is 0. The van der Waals surface area contributed by atoms with E-state index < -0.39 is 72.2 Å². The standard InChI is InChI=1S/C21H35F2N3O7/c1-10(2)8-13(17(28)24-12(9-14(22)23)16(27)19(30)31)25-18(29)15(11(3)4)26-20(32)33-21(5,6)7/h10-15H,8-9H2,1-7H3,(H,24,28)(H,25,29)(H,26,32)(H,30,31)/t12?,13?,15-/m0/s1. The highest BCUT2D eigenvalue weighted by Crippen LogP contribution is 2.12. The molecular formula is C21H35F2N3O7. The maximum absolute atomic E-state index is 12.8. The Morgan fingerprint density at radius 2 is 1.36 bits per heavy atom. The first-order valence-electron chi connectivity index (χ1n) is 10.6. The first kappa shape index (κ1) is 30.2. The van der Waals surface area contributed by atoms with E-state index in [0.29, 0.717) is 0 Å². The van der Waals surface area contributed by atoms with E-state index >= 15 is 0 Å². The van der Waals surface area contributed by atoms with Gasteiger partial charge in [-0.2, -0.15) is 0 Å². The minimum atomic E-state index is -3.04. The van der Waals surface area contributed by atoms with Crippen LogP contribution in [-0.4, -0.2) is 64.9 Å². The van der Waals surface area contributed by atoms with E-state index in [1.54, 1.807) is 48.5 Å². The number of ketones is 1. The Kier molecular flexibility index (Phi) is 11.9. The summed E-state index contributed by atoms with van der Waals surface area (Å²) in [4.78, 5) is 60.3. The van der Waals surface area contributed by atoms with Crippen LogP contribution in [0.25, 0.3) is 0 Å². The molecule has 2 unspecified atom stereocenters. The third-order valence-electron chi connectivity index (χ3n) is 4.22. The summed E-state index contributed by atoms with van der Waals surface area (Å²) in [7, 11) is 0. The summed E-state index contributed by atoms with van der Waals surface area (Å²) in [5.74, 6) is -5.82. The lowest BCUT2D eigenvalue weighted by atomic mass is 9.99. The molecule has 0 aromatic heterocycles. The summed E-state index contributed by atoms with van der Waals surface area (Å²) in [6.45, 7) is 11.7. The number of hydrogen-bond donors (Lipinski definition) is 4. The number of hydrogen-bond acceptors (Lipinski definition) is 6. The smallest absolute Gasteiger partial charge is 0.408 e. The van der Waals surface area contributed by atoms with E-state index in [1.807, 2.05) is 5.32 Å². The van der Waals surface area contributed by atoms with Gasteiger partial charge < -0.3 is 25.8 Å². The molecule has 33 heavy (non-hydrogen) atoms. The number of halogens is 2. The Bertz CT molecular complexity index is 721. The van der Waals surface area contributed by atoms with Crippen LogP contribution in [-0.2, 0) is 23.9 Å². The lowest BCUT2D eigenvalue weighted by Gasteiger charge is -2.28. The molecule has 0 aliphatic carbocycles. The number of amides is 3. The van der Waals surface area contributed by atoms with Crippen molar-refractivity contribution in [2.24, 2.45) is 11.8 Å². The number of nitrogens with one attached hydrogen (secondary N) is 3. The number of rotatable bonds is 12. The van der Waals surface area contributed by atoms with Crippen molar-refractivity contribution < 1.29 is 42.6 Å². The first-order valence-corrected chi connectivity index (χ1v) is 10.6. The molecule has 0 rings (SSSR count). The summed E-state index contributed by atoms with van der Waals surface area (Å²) in [6.07, 6.45) is -5.00. The fourth-order valence-electron chi connectivity index (χ4n) is 2.76. The molecule has 0 bridgehead atoms. The monoisotopic (exact) mass is 479 g/mol. The quantitative estimate of drug-likeness (QED) is 0.312. The zero-order chi connectivity index (χ0) is 26.1. The highest BCUT2D eigenvalue weighted by Gasteiger charge is 2.34. The van der Waals surface area contributed by atoms with E-state index in [-0.39, 0.29) is 12.3 Å². The van der Waals surface area contributed by atoms with Crippen LogP contribution in [0.3, 0.4) is 0 Å². The topological polar surface area (TPSA) is 151 Å². The fraction of sp³-hybridized carbons (Fsp3) is 0.762. The van der Waals surface area contributed by atoms with Gasteiger partial charge in [-0.1, -0.05) is 27.7 Å². The highest BCUT2D eigenvalue weighted by atomic mass is 19.3. The van der Waals surface area contributed by atoms with Gasteiger partial charge in [0.1, 0.15) is 23.7 Å². The zero-order valence-corrected chi connectivity index (χ0v) is 20.0. The van der Waals surface area contributed by atoms with Crippen molar-refractivity contribution in [1.29, 1.82) is 0 Å². The maximum atomic E-state index is 12.8. The maximum Gasteiger partial charge on any atom is 0.408 e. The van der Waals surface area contributed by atoms with Gasteiger partial charge in [-0.25, -0.2) is 18.4 Å². The van der Waals surface area contributed by atoms with Crippen LogP contribution < -0.4 is 16.0 Å². The summed E-state index contributed by atoms with van der Waals surface area (Å²) in [6, 6.07) is -4.30. The first-order chi connectivity index (χ1) is 14.9. The second-order valence-electron chi connectivity index (χ2n) is 9.42. The second-order valence-corrected chi connectivity index (χ2v) is 9.42. The van der Waals surface area contributed by atoms with Crippen molar-refractivity contribution in [2.45, 2.75) is 91.5 Å². The average Bonchev–Trinajstić information content (AvgIpc) is 2.61. The van der Waals surface area contributed by atoms with Crippen molar-refractivity contribution in [3.8, 4) is 0 Å². The van der Waals surface area contributed by atoms with Crippen LogP contribution in [0.2, 0.25) is 0 Å². The molecule has 0 heterocycles. The van der Waals surface area contributed by atoms with Crippen LogP contribution in [0.5, 0.6) is 0 Å². The molecule has 3 atom stereocenters. The molecule has 0 aliphatic rings. The van der Waals surface area contributed by atoms with Crippen LogP contribution in [0.15, 0.2) is 0 Å². The number of Topliss-reactive ketones (excluding diaryl/α,β-unsaturated/α-hetero) is 1. The molecule has 12 heteroatoms. The minimum absolute atomic E-state index is 0.0670. The van der Waals surface area contributed by atoms with Crippen molar-refractivity contribution in [3.05, 3.63) is 0 Å². The summed E-state index contributed by atoms with van der Waals surface area (Å²) in [5.41, 5.74) is -0.807. The van der Waals surface area contributed by atoms with Crippen LogP contribution >= 0.6 is 0 Å². The molecular weight excluding hydrogens is 444 g/mol. The number of carbonyl (C=O) groups is 5. The second kappa shape index (κ2) is 13.0. The van der Waals surface area contributed by atoms with Crippen LogP contribution in [0.4, 0.5) is 13.6 Å². The van der Waals surface area contributed by atoms with Gasteiger partial charge in [-0.05, 0) is 39.0 Å². The van der Waals surface area contributed by atoms with E-state index in [9.17, 15) is 32.8 Å². The molecule has 10 nitrogen and oxygen atoms in total. The molecule has 0 aliphatic heterocycles. The van der Waals surface area contributed by atoms with Gasteiger partial charge in [0.05, 0.1) is 0 Å². The predicted octanol–water partition coefficient (Wildman–Crippen LogP) is 1.86. The zero-order valence-electron chi connectivity index (χ0n) is 20.0. The van der Waals surface area contributed by atoms with Gasteiger partial charge in [-0.15, -0.1) is 0 Å². The van der Waals surface area contributed by atoms with Crippen molar-refractivity contribution in [1.82, 2.24) is 16.0 Å². The molecule has 0 saturated heterocycles. The minimum Gasteiger partial charge on any atom is -0.475 e. The normalized spacial score (nSPS) is 14.4. The number of carbonyl (C=O) groups excluding carboxylic acids is 4. The number of carboxylic acids is 1. The molecule has 0 radical (unpaired) electrons. The Balaban J connectivity index is 5.58. The number of alkyl carbamates (subject to hydrolysis) is 1. The molecule has 0 spiro atoms. The summed E-state index contributed by atoms with van der Waals surface area (Å²) in [5, 5.41) is 15.7. The van der Waals surface area contributed by atoms with E-state index in [2.05, 4.69) is 10.6 Å². The molecule has 190 valence electrons. The number of alkyl halides is 2. The Morgan fingerprint density at radius 3 is 1.76 bits per heavy atom. The lowest BCUT2D eigenvalue weighted by molar-refractivity contribution is -0.151. The third kappa shape index (κ3) is 12.1. The van der Waals surface area contributed by atoms with Gasteiger partial charge in [-0.3, -0.25) is 14.4 Å². The molecule has 0 fully saturated rings. The van der Waals surface area contributed by atoms with Gasteiger partial charge >= 0.3 is 12.1 Å². The third-order valence-corrected chi connectivity index (χ3v) is 4.22.